The maximum absolute atomic E-state index is 13.6. The number of carboxylic acids is 1. The number of hydrogen-bond donors (Lipinski definition) is 1. The first-order valence-corrected chi connectivity index (χ1v) is 12.2. The molecular weight excluding hydrogens is 442 g/mol. The molecule has 8 heteroatoms. The largest absolute Gasteiger partial charge is 0.487 e. The zero-order chi connectivity index (χ0) is 23.8. The van der Waals surface area contributed by atoms with E-state index in [1.54, 1.807) is 25.1 Å². The minimum atomic E-state index is -3.92. The van der Waals surface area contributed by atoms with Gasteiger partial charge in [0.2, 0.25) is 5.09 Å². The van der Waals surface area contributed by atoms with Gasteiger partial charge in [0.1, 0.15) is 18.1 Å². The van der Waals surface area contributed by atoms with Crippen molar-refractivity contribution < 1.29 is 27.5 Å². The second kappa shape index (κ2) is 8.94. The second-order valence-electron chi connectivity index (χ2n) is 8.54. The van der Waals surface area contributed by atoms with E-state index >= 15 is 0 Å². The number of nitrogens with zero attached hydrogens (tertiary/aromatic N) is 1. The van der Waals surface area contributed by atoms with Gasteiger partial charge in [-0.05, 0) is 92.6 Å². The summed E-state index contributed by atoms with van der Waals surface area (Å²) in [5.74, 6) is 0.288. The number of hydrogen-bond acceptors (Lipinski definition) is 5. The molecule has 174 valence electrons. The van der Waals surface area contributed by atoms with E-state index in [1.807, 2.05) is 26.0 Å². The summed E-state index contributed by atoms with van der Waals surface area (Å²) < 4.78 is 40.1. The molecule has 0 aliphatic heterocycles. The molecule has 0 spiro atoms. The minimum Gasteiger partial charge on any atom is -0.487 e. The lowest BCUT2D eigenvalue weighted by atomic mass is 10.1. The van der Waals surface area contributed by atoms with Crippen LogP contribution in [0, 0.1) is 26.7 Å². The molecule has 4 rings (SSSR count). The molecule has 1 saturated carbocycles. The summed E-state index contributed by atoms with van der Waals surface area (Å²) in [6, 6.07) is 13.2. The molecule has 0 radical (unpaired) electrons. The highest BCUT2D eigenvalue weighted by Crippen LogP contribution is 2.40. The topological polar surface area (TPSA) is 97.0 Å². The van der Waals surface area contributed by atoms with Gasteiger partial charge in [0.25, 0.3) is 10.0 Å². The highest BCUT2D eigenvalue weighted by Gasteiger charge is 2.35. The van der Waals surface area contributed by atoms with Crippen LogP contribution in [0.2, 0.25) is 0 Å². The van der Waals surface area contributed by atoms with Crippen molar-refractivity contribution in [3.8, 4) is 5.75 Å². The first-order chi connectivity index (χ1) is 15.6. The van der Waals surface area contributed by atoms with E-state index in [9.17, 15) is 13.2 Å². The SMILES string of the molecule is Cc1ccc(S(=O)(=O)N(CC2CC2)c2cc(C)c(C)cc2OCc2ccc(C(=O)O)cc2)o1. The van der Waals surface area contributed by atoms with Crippen LogP contribution < -0.4 is 9.04 Å². The summed E-state index contributed by atoms with van der Waals surface area (Å²) in [5.41, 5.74) is 3.38. The minimum absolute atomic E-state index is 0.0888. The summed E-state index contributed by atoms with van der Waals surface area (Å²) in [5, 5.41) is 9.00. The molecule has 0 amide bonds. The Morgan fingerprint density at radius 1 is 1.06 bits per heavy atom. The third-order valence-electron chi connectivity index (χ3n) is 5.82. The number of carboxylic acid groups (broad SMARTS) is 1. The van der Waals surface area contributed by atoms with Gasteiger partial charge in [0, 0.05) is 6.54 Å². The number of benzene rings is 2. The van der Waals surface area contributed by atoms with Crippen molar-refractivity contribution in [2.45, 2.75) is 45.3 Å². The lowest BCUT2D eigenvalue weighted by Gasteiger charge is -2.26. The lowest BCUT2D eigenvalue weighted by Crippen LogP contribution is -2.33. The molecule has 1 fully saturated rings. The summed E-state index contributed by atoms with van der Waals surface area (Å²) in [7, 11) is -3.92. The summed E-state index contributed by atoms with van der Waals surface area (Å²) in [6.45, 7) is 6.13. The van der Waals surface area contributed by atoms with Gasteiger partial charge in [-0.25, -0.2) is 4.79 Å². The normalized spacial score (nSPS) is 13.7. The Labute approximate surface area is 193 Å². The average Bonchev–Trinajstić information content (AvgIpc) is 3.49. The average molecular weight is 470 g/mol. The number of rotatable bonds is 9. The van der Waals surface area contributed by atoms with E-state index in [2.05, 4.69) is 0 Å². The van der Waals surface area contributed by atoms with Crippen molar-refractivity contribution in [1.82, 2.24) is 0 Å². The molecule has 0 saturated heterocycles. The van der Waals surface area contributed by atoms with Crippen LogP contribution in [-0.2, 0) is 16.6 Å². The molecule has 1 aliphatic rings. The van der Waals surface area contributed by atoms with Crippen LogP contribution in [0.25, 0.3) is 0 Å². The highest BCUT2D eigenvalue weighted by molar-refractivity contribution is 7.92. The number of furan rings is 1. The molecule has 7 nitrogen and oxygen atoms in total. The zero-order valence-electron chi connectivity index (χ0n) is 18.9. The van der Waals surface area contributed by atoms with Gasteiger partial charge in [0.15, 0.2) is 0 Å². The highest BCUT2D eigenvalue weighted by atomic mass is 32.2. The number of aryl methyl sites for hydroxylation is 3. The Kier molecular flexibility index (Phi) is 6.21. The van der Waals surface area contributed by atoms with E-state index in [0.29, 0.717) is 29.7 Å². The Bertz CT molecular complexity index is 1270. The number of anilines is 1. The van der Waals surface area contributed by atoms with Gasteiger partial charge in [-0.3, -0.25) is 4.31 Å². The van der Waals surface area contributed by atoms with Gasteiger partial charge < -0.3 is 14.3 Å². The van der Waals surface area contributed by atoms with Crippen molar-refractivity contribution in [3.63, 3.8) is 0 Å². The molecular formula is C25H27NO6S. The lowest BCUT2D eigenvalue weighted by molar-refractivity contribution is 0.0697. The molecule has 1 aromatic heterocycles. The van der Waals surface area contributed by atoms with Crippen LogP contribution in [0.4, 0.5) is 5.69 Å². The fourth-order valence-electron chi connectivity index (χ4n) is 3.51. The number of carbonyl (C=O) groups is 1. The number of ether oxygens (including phenoxy) is 1. The van der Waals surface area contributed by atoms with E-state index in [4.69, 9.17) is 14.3 Å². The third-order valence-corrected chi connectivity index (χ3v) is 7.47. The van der Waals surface area contributed by atoms with Crippen molar-refractivity contribution in [2.24, 2.45) is 5.92 Å². The number of sulfonamides is 1. The van der Waals surface area contributed by atoms with Crippen LogP contribution in [0.1, 0.15) is 45.7 Å². The molecule has 0 unspecified atom stereocenters. The van der Waals surface area contributed by atoms with Crippen molar-refractivity contribution in [2.75, 3.05) is 10.8 Å². The second-order valence-corrected chi connectivity index (χ2v) is 10.3. The van der Waals surface area contributed by atoms with Crippen molar-refractivity contribution >= 4 is 21.7 Å². The Balaban J connectivity index is 1.69. The summed E-state index contributed by atoms with van der Waals surface area (Å²) >= 11 is 0. The van der Waals surface area contributed by atoms with E-state index in [0.717, 1.165) is 29.5 Å². The van der Waals surface area contributed by atoms with Crippen LogP contribution in [-0.4, -0.2) is 26.0 Å². The van der Waals surface area contributed by atoms with Crippen LogP contribution in [0.5, 0.6) is 5.75 Å². The van der Waals surface area contributed by atoms with Gasteiger partial charge in [-0.15, -0.1) is 0 Å². The predicted molar refractivity (Wildman–Crippen MR) is 124 cm³/mol. The summed E-state index contributed by atoms with van der Waals surface area (Å²) in [6.07, 6.45) is 1.97. The third kappa shape index (κ3) is 5.06. The monoisotopic (exact) mass is 469 g/mol. The molecule has 1 heterocycles. The summed E-state index contributed by atoms with van der Waals surface area (Å²) in [4.78, 5) is 11.1. The Morgan fingerprint density at radius 2 is 1.73 bits per heavy atom. The smallest absolute Gasteiger partial charge is 0.335 e. The predicted octanol–water partition coefficient (Wildman–Crippen LogP) is 5.09. The molecule has 33 heavy (non-hydrogen) atoms. The zero-order valence-corrected chi connectivity index (χ0v) is 19.7. The van der Waals surface area contributed by atoms with Gasteiger partial charge in [-0.1, -0.05) is 12.1 Å². The standard InChI is InChI=1S/C25H27NO6S/c1-16-12-22(26(14-19-5-6-19)33(29,30)24-11-4-18(3)32-24)23(13-17(16)2)31-15-20-7-9-21(10-8-20)25(27)28/h4,7-13,19H,5-6,14-15H2,1-3H3,(H,27,28). The Morgan fingerprint density at radius 3 is 2.30 bits per heavy atom. The van der Waals surface area contributed by atoms with Crippen molar-refractivity contribution in [3.05, 3.63) is 76.5 Å². The molecule has 0 atom stereocenters. The molecule has 3 aromatic rings. The Hall–Kier alpha value is -3.26. The van der Waals surface area contributed by atoms with Gasteiger partial charge >= 0.3 is 5.97 Å². The molecule has 1 aliphatic carbocycles. The first kappa shape index (κ1) is 22.9. The van der Waals surface area contributed by atoms with Gasteiger partial charge in [-0.2, -0.15) is 8.42 Å². The molecule has 1 N–H and O–H groups in total. The van der Waals surface area contributed by atoms with E-state index < -0.39 is 16.0 Å². The molecule has 2 aromatic carbocycles. The van der Waals surface area contributed by atoms with Crippen LogP contribution in [0.3, 0.4) is 0 Å². The maximum Gasteiger partial charge on any atom is 0.335 e. The number of aromatic carboxylic acids is 1. The van der Waals surface area contributed by atoms with Gasteiger partial charge in [0.05, 0.1) is 11.3 Å². The van der Waals surface area contributed by atoms with Crippen molar-refractivity contribution in [1.29, 1.82) is 0 Å². The van der Waals surface area contributed by atoms with E-state index in [1.165, 1.54) is 22.5 Å². The first-order valence-electron chi connectivity index (χ1n) is 10.8. The fraction of sp³-hybridized carbons (Fsp3) is 0.320. The maximum atomic E-state index is 13.6. The molecule has 0 bridgehead atoms. The van der Waals surface area contributed by atoms with Crippen LogP contribution in [0.15, 0.2) is 58.0 Å². The quantitative estimate of drug-likeness (QED) is 0.469. The van der Waals surface area contributed by atoms with E-state index in [-0.39, 0.29) is 17.3 Å². The van der Waals surface area contributed by atoms with Crippen LogP contribution >= 0.6 is 0 Å². The fourth-order valence-corrected chi connectivity index (χ4v) is 5.01.